The van der Waals surface area contributed by atoms with Crippen LogP contribution in [0.15, 0.2) is 59.7 Å². The van der Waals surface area contributed by atoms with Crippen LogP contribution in [0.1, 0.15) is 11.3 Å². The van der Waals surface area contributed by atoms with Crippen molar-refractivity contribution in [3.05, 3.63) is 82.3 Å². The van der Waals surface area contributed by atoms with Crippen LogP contribution >= 0.6 is 0 Å². The minimum absolute atomic E-state index is 0.0109. The number of pyridine rings is 2. The first-order valence-electron chi connectivity index (χ1n) is 9.64. The molecule has 154 valence electrons. The fraction of sp³-hybridized carbons (Fsp3) is 0.0870. The summed E-state index contributed by atoms with van der Waals surface area (Å²) in [6, 6.07) is 12.6. The zero-order valence-corrected chi connectivity index (χ0v) is 16.6. The van der Waals surface area contributed by atoms with Crippen LogP contribution in [0.4, 0.5) is 10.1 Å². The Balaban J connectivity index is 1.80. The Hall–Kier alpha value is -4.20. The molecule has 8 heteroatoms. The van der Waals surface area contributed by atoms with Crippen LogP contribution in [0.2, 0.25) is 0 Å². The van der Waals surface area contributed by atoms with E-state index in [1.165, 1.54) is 12.3 Å². The first kappa shape index (κ1) is 18.8. The number of hydrogen-bond donors (Lipinski definition) is 3. The normalized spacial score (nSPS) is 11.3. The van der Waals surface area contributed by atoms with Crippen molar-refractivity contribution in [3.63, 3.8) is 0 Å². The Morgan fingerprint density at radius 3 is 2.71 bits per heavy atom. The number of fused-ring (bicyclic) bond motifs is 2. The number of aromatic nitrogens is 4. The van der Waals surface area contributed by atoms with Crippen molar-refractivity contribution in [2.45, 2.75) is 13.5 Å². The van der Waals surface area contributed by atoms with Gasteiger partial charge >= 0.3 is 0 Å². The van der Waals surface area contributed by atoms with E-state index in [1.807, 2.05) is 30.3 Å². The van der Waals surface area contributed by atoms with Gasteiger partial charge in [0.2, 0.25) is 0 Å². The Bertz CT molecular complexity index is 1490. The topological polar surface area (TPSA) is 110 Å². The van der Waals surface area contributed by atoms with E-state index in [4.69, 9.17) is 10.5 Å². The van der Waals surface area contributed by atoms with E-state index in [0.717, 1.165) is 5.56 Å². The Kier molecular flexibility index (Phi) is 4.39. The van der Waals surface area contributed by atoms with Crippen molar-refractivity contribution in [2.24, 2.45) is 0 Å². The third-order valence-corrected chi connectivity index (χ3v) is 5.31. The molecule has 0 unspecified atom stereocenters. The number of rotatable bonds is 4. The lowest BCUT2D eigenvalue weighted by atomic mass is 9.96. The zero-order valence-electron chi connectivity index (χ0n) is 16.6. The van der Waals surface area contributed by atoms with E-state index >= 15 is 0 Å². The third-order valence-electron chi connectivity index (χ3n) is 5.31. The largest absolute Gasteiger partial charge is 0.487 e. The number of ether oxygens (including phenoxy) is 1. The highest BCUT2D eigenvalue weighted by atomic mass is 19.1. The maximum Gasteiger partial charge on any atom is 0.272 e. The van der Waals surface area contributed by atoms with Gasteiger partial charge in [0.1, 0.15) is 29.4 Å². The monoisotopic (exact) mass is 415 g/mol. The third kappa shape index (κ3) is 3.09. The van der Waals surface area contributed by atoms with Gasteiger partial charge in [0, 0.05) is 10.9 Å². The predicted octanol–water partition coefficient (Wildman–Crippen LogP) is 4.08. The molecule has 5 aromatic rings. The van der Waals surface area contributed by atoms with Gasteiger partial charge in [-0.15, -0.1) is 0 Å². The van der Waals surface area contributed by atoms with E-state index in [0.29, 0.717) is 45.5 Å². The van der Waals surface area contributed by atoms with Crippen LogP contribution in [0.25, 0.3) is 32.9 Å². The summed E-state index contributed by atoms with van der Waals surface area (Å²) in [5, 5.41) is 7.74. The van der Waals surface area contributed by atoms with Crippen molar-refractivity contribution in [1.82, 2.24) is 20.2 Å². The van der Waals surface area contributed by atoms with E-state index in [-0.39, 0.29) is 11.2 Å². The summed E-state index contributed by atoms with van der Waals surface area (Å²) in [5.74, 6) is 0.0192. The Morgan fingerprint density at radius 2 is 1.90 bits per heavy atom. The van der Waals surface area contributed by atoms with Crippen molar-refractivity contribution in [3.8, 4) is 16.9 Å². The number of nitrogens with zero attached hydrogens (tertiary/aromatic N) is 2. The molecule has 0 radical (unpaired) electrons. The summed E-state index contributed by atoms with van der Waals surface area (Å²) >= 11 is 0. The highest BCUT2D eigenvalue weighted by Gasteiger charge is 2.21. The molecule has 0 aliphatic carbocycles. The zero-order chi connectivity index (χ0) is 21.5. The van der Waals surface area contributed by atoms with Crippen LogP contribution in [-0.4, -0.2) is 20.2 Å². The number of anilines is 1. The molecule has 0 saturated heterocycles. The molecule has 0 amide bonds. The number of nitrogens with two attached hydrogens (primary N) is 1. The quantitative estimate of drug-likeness (QED) is 0.410. The SMILES string of the molecule is Cc1ncc(OCc2ccccc2)c2c(-c3ccc(F)c4[nH]ncc34)c(N)c(=O)[nH]c12. The Labute approximate surface area is 175 Å². The average molecular weight is 415 g/mol. The second-order valence-electron chi connectivity index (χ2n) is 7.23. The molecule has 7 nitrogen and oxygen atoms in total. The van der Waals surface area contributed by atoms with E-state index in [9.17, 15) is 9.18 Å². The molecule has 31 heavy (non-hydrogen) atoms. The smallest absolute Gasteiger partial charge is 0.272 e. The number of aromatic amines is 2. The van der Waals surface area contributed by atoms with Gasteiger partial charge in [-0.1, -0.05) is 36.4 Å². The summed E-state index contributed by atoms with van der Waals surface area (Å²) in [6.45, 7) is 2.10. The molecule has 3 heterocycles. The lowest BCUT2D eigenvalue weighted by molar-refractivity contribution is 0.309. The van der Waals surface area contributed by atoms with Gasteiger partial charge in [-0.25, -0.2) is 4.39 Å². The van der Waals surface area contributed by atoms with Crippen LogP contribution in [0.5, 0.6) is 5.75 Å². The summed E-state index contributed by atoms with van der Waals surface area (Å²) in [6.07, 6.45) is 3.12. The highest BCUT2D eigenvalue weighted by molar-refractivity contribution is 6.10. The van der Waals surface area contributed by atoms with Gasteiger partial charge in [0.15, 0.2) is 0 Å². The van der Waals surface area contributed by atoms with Crippen molar-refractivity contribution < 1.29 is 9.13 Å². The number of hydrogen-bond acceptors (Lipinski definition) is 5. The van der Waals surface area contributed by atoms with Crippen molar-refractivity contribution in [1.29, 1.82) is 0 Å². The second kappa shape index (κ2) is 7.24. The van der Waals surface area contributed by atoms with E-state index in [1.54, 1.807) is 19.2 Å². The van der Waals surface area contributed by atoms with Crippen LogP contribution in [-0.2, 0) is 6.61 Å². The van der Waals surface area contributed by atoms with Gasteiger partial charge in [0.25, 0.3) is 5.56 Å². The van der Waals surface area contributed by atoms with Crippen LogP contribution < -0.4 is 16.0 Å². The number of H-pyrrole nitrogens is 2. The maximum atomic E-state index is 14.3. The summed E-state index contributed by atoms with van der Waals surface area (Å²) < 4.78 is 20.4. The van der Waals surface area contributed by atoms with Crippen molar-refractivity contribution >= 4 is 27.5 Å². The molecule has 0 bridgehead atoms. The fourth-order valence-corrected chi connectivity index (χ4v) is 3.76. The highest BCUT2D eigenvalue weighted by Crippen LogP contribution is 2.40. The first-order valence-corrected chi connectivity index (χ1v) is 9.64. The number of aryl methyl sites for hydroxylation is 1. The maximum absolute atomic E-state index is 14.3. The standard InChI is InChI=1S/C23H18FN5O2/c1-12-21-19(17(10-26-12)31-11-13-5-3-2-4-6-13)18(20(25)23(30)28-21)14-7-8-16(24)22-15(14)9-27-29-22/h2-10H,11,25H2,1H3,(H,27,29)(H,28,30). The number of nitrogens with one attached hydrogen (secondary N) is 2. The molecular weight excluding hydrogens is 397 g/mol. The predicted molar refractivity (Wildman–Crippen MR) is 117 cm³/mol. The molecule has 0 spiro atoms. The number of benzene rings is 2. The molecule has 5 rings (SSSR count). The number of halogens is 1. The second-order valence-corrected chi connectivity index (χ2v) is 7.23. The Morgan fingerprint density at radius 1 is 1.10 bits per heavy atom. The summed E-state index contributed by atoms with van der Waals surface area (Å²) in [5.41, 5.74) is 9.21. The van der Waals surface area contributed by atoms with Gasteiger partial charge in [-0.05, 0) is 24.1 Å². The minimum Gasteiger partial charge on any atom is -0.487 e. The molecule has 0 aliphatic heterocycles. The lowest BCUT2D eigenvalue weighted by Gasteiger charge is -2.16. The molecule has 0 aliphatic rings. The van der Waals surface area contributed by atoms with E-state index in [2.05, 4.69) is 20.2 Å². The van der Waals surface area contributed by atoms with Gasteiger partial charge < -0.3 is 15.5 Å². The van der Waals surface area contributed by atoms with Crippen LogP contribution in [0, 0.1) is 12.7 Å². The van der Waals surface area contributed by atoms with Gasteiger partial charge in [-0.2, -0.15) is 5.10 Å². The van der Waals surface area contributed by atoms with Crippen molar-refractivity contribution in [2.75, 3.05) is 5.73 Å². The van der Waals surface area contributed by atoms with E-state index < -0.39 is 11.4 Å². The fourth-order valence-electron chi connectivity index (χ4n) is 3.76. The summed E-state index contributed by atoms with van der Waals surface area (Å²) in [4.78, 5) is 19.8. The minimum atomic E-state index is -0.450. The van der Waals surface area contributed by atoms with Crippen LogP contribution in [0.3, 0.4) is 0 Å². The summed E-state index contributed by atoms with van der Waals surface area (Å²) in [7, 11) is 0. The molecule has 3 aromatic heterocycles. The molecule has 0 saturated carbocycles. The molecule has 0 atom stereocenters. The van der Waals surface area contributed by atoms with Gasteiger partial charge in [0.05, 0.1) is 29.0 Å². The molecule has 4 N–H and O–H groups in total. The van der Waals surface area contributed by atoms with Gasteiger partial charge in [-0.3, -0.25) is 14.9 Å². The number of nitrogen functional groups attached to an aromatic ring is 1. The molecule has 2 aromatic carbocycles. The molecule has 0 fully saturated rings. The lowest BCUT2D eigenvalue weighted by Crippen LogP contribution is -2.15. The average Bonchev–Trinajstić information content (AvgIpc) is 3.27. The molecular formula is C23H18FN5O2. The first-order chi connectivity index (χ1) is 15.0.